The fraction of sp³-hybridized carbons (Fsp3) is 0. The van der Waals surface area contributed by atoms with Crippen molar-refractivity contribution in [2.45, 2.75) is 0 Å². The minimum Gasteiger partial charge on any atom is -0.309 e. The van der Waals surface area contributed by atoms with E-state index in [1.807, 2.05) is 0 Å². The molecule has 15 aromatic rings. The molecule has 0 atom stereocenters. The molecular formula is C66H41N3. The van der Waals surface area contributed by atoms with E-state index in [2.05, 4.69) is 262 Å². The molecule has 320 valence electrons. The van der Waals surface area contributed by atoms with Crippen LogP contribution in [0.1, 0.15) is 0 Å². The van der Waals surface area contributed by atoms with Crippen molar-refractivity contribution < 1.29 is 0 Å². The second kappa shape index (κ2) is 14.7. The van der Waals surface area contributed by atoms with Gasteiger partial charge in [0.2, 0.25) is 0 Å². The van der Waals surface area contributed by atoms with E-state index in [1.54, 1.807) is 0 Å². The van der Waals surface area contributed by atoms with Crippen molar-refractivity contribution in [2.75, 3.05) is 0 Å². The molecular weight excluding hydrogens is 835 g/mol. The predicted octanol–water partition coefficient (Wildman–Crippen LogP) is 17.7. The summed E-state index contributed by atoms with van der Waals surface area (Å²) in [7, 11) is 0. The van der Waals surface area contributed by atoms with Crippen LogP contribution in [0.2, 0.25) is 0 Å². The summed E-state index contributed by atoms with van der Waals surface area (Å²) in [6, 6.07) is 91.8. The standard InChI is InChI=1S/C66H41N3/c1-3-15-42(16-4-1)44-19-13-20-45(35-44)46-21-14-22-50(36-46)67-64-32-29-47(43-17-5-2-6-18-43)37-56(64)57-39-49(31-34-65(57)67)48-30-33-63-55(38-48)52-23-7-10-26-60(52)68(63)51-40-58-53-24-8-11-27-61(53)69-62-28-12-9-25-54(62)59(41-51)66(58)69/h1-41H. The number of rotatable bonds is 6. The molecule has 0 spiro atoms. The predicted molar refractivity (Wildman–Crippen MR) is 292 cm³/mol. The minimum atomic E-state index is 1.14. The Morgan fingerprint density at radius 2 is 0.551 bits per heavy atom. The van der Waals surface area contributed by atoms with Crippen LogP contribution in [0.15, 0.2) is 249 Å². The molecule has 0 amide bonds. The quantitative estimate of drug-likeness (QED) is 0.158. The van der Waals surface area contributed by atoms with E-state index in [0.29, 0.717) is 0 Å². The third kappa shape index (κ3) is 5.68. The monoisotopic (exact) mass is 875 g/mol. The molecule has 3 nitrogen and oxygen atoms in total. The molecule has 0 N–H and O–H groups in total. The summed E-state index contributed by atoms with van der Waals surface area (Å²) in [6.07, 6.45) is 0. The normalized spacial score (nSPS) is 12.1. The number of nitrogens with zero attached hydrogens (tertiary/aromatic N) is 3. The van der Waals surface area contributed by atoms with Crippen molar-refractivity contribution in [3.8, 4) is 55.9 Å². The number of para-hydroxylation sites is 3. The van der Waals surface area contributed by atoms with Crippen LogP contribution < -0.4 is 0 Å². The Morgan fingerprint density at radius 1 is 0.188 bits per heavy atom. The molecule has 0 aliphatic carbocycles. The fourth-order valence-corrected chi connectivity index (χ4v) is 11.6. The molecule has 0 bridgehead atoms. The maximum absolute atomic E-state index is 2.48. The fourth-order valence-electron chi connectivity index (χ4n) is 11.6. The van der Waals surface area contributed by atoms with Crippen LogP contribution in [0, 0.1) is 0 Å². The Hall–Kier alpha value is -9.18. The highest BCUT2D eigenvalue weighted by atomic mass is 15.0. The van der Waals surface area contributed by atoms with Crippen LogP contribution in [0.3, 0.4) is 0 Å². The Labute approximate surface area is 397 Å². The first kappa shape index (κ1) is 38.0. The molecule has 0 saturated heterocycles. The van der Waals surface area contributed by atoms with Crippen molar-refractivity contribution in [2.24, 2.45) is 0 Å². The van der Waals surface area contributed by atoms with Crippen LogP contribution >= 0.6 is 0 Å². The van der Waals surface area contributed by atoms with Gasteiger partial charge in [0.15, 0.2) is 0 Å². The van der Waals surface area contributed by atoms with Gasteiger partial charge in [-0.3, -0.25) is 0 Å². The molecule has 0 unspecified atom stereocenters. The number of benzene rings is 11. The van der Waals surface area contributed by atoms with Gasteiger partial charge in [0.05, 0.1) is 38.6 Å². The summed E-state index contributed by atoms with van der Waals surface area (Å²) in [4.78, 5) is 0. The molecule has 3 heteroatoms. The second-order valence-corrected chi connectivity index (χ2v) is 18.5. The van der Waals surface area contributed by atoms with Crippen molar-refractivity contribution in [1.29, 1.82) is 0 Å². The van der Waals surface area contributed by atoms with E-state index in [0.717, 1.165) is 5.69 Å². The Kier molecular flexibility index (Phi) is 8.07. The number of fused-ring (bicyclic) bond motifs is 12. The average molecular weight is 876 g/mol. The maximum Gasteiger partial charge on any atom is 0.0622 e. The topological polar surface area (TPSA) is 14.3 Å². The summed E-state index contributed by atoms with van der Waals surface area (Å²) in [5.74, 6) is 0. The highest BCUT2D eigenvalue weighted by Gasteiger charge is 2.22. The summed E-state index contributed by atoms with van der Waals surface area (Å²) in [6.45, 7) is 0. The first-order valence-corrected chi connectivity index (χ1v) is 23.8. The summed E-state index contributed by atoms with van der Waals surface area (Å²) in [5.41, 5.74) is 20.5. The van der Waals surface area contributed by atoms with Crippen LogP contribution in [0.5, 0.6) is 0 Å². The highest BCUT2D eigenvalue weighted by Crippen LogP contribution is 2.44. The van der Waals surface area contributed by atoms with Gasteiger partial charge in [-0.15, -0.1) is 0 Å². The van der Waals surface area contributed by atoms with Crippen LogP contribution in [0.4, 0.5) is 0 Å². The highest BCUT2D eigenvalue weighted by molar-refractivity contribution is 6.24. The Morgan fingerprint density at radius 3 is 1.10 bits per heavy atom. The van der Waals surface area contributed by atoms with E-state index in [1.165, 1.54) is 132 Å². The molecule has 4 heterocycles. The second-order valence-electron chi connectivity index (χ2n) is 18.5. The zero-order chi connectivity index (χ0) is 45.2. The van der Waals surface area contributed by atoms with Gasteiger partial charge in [-0.25, -0.2) is 0 Å². The molecule has 15 rings (SSSR count). The van der Waals surface area contributed by atoms with Gasteiger partial charge in [-0.1, -0.05) is 164 Å². The minimum absolute atomic E-state index is 1.14. The van der Waals surface area contributed by atoms with Crippen molar-refractivity contribution in [3.63, 3.8) is 0 Å². The van der Waals surface area contributed by atoms with Gasteiger partial charge in [-0.2, -0.15) is 0 Å². The number of hydrogen-bond acceptors (Lipinski definition) is 0. The van der Waals surface area contributed by atoms with Crippen LogP contribution in [0.25, 0.3) is 138 Å². The van der Waals surface area contributed by atoms with Gasteiger partial charge in [0.25, 0.3) is 0 Å². The Balaban J connectivity index is 0.905. The van der Waals surface area contributed by atoms with Crippen molar-refractivity contribution >= 4 is 81.7 Å². The zero-order valence-electron chi connectivity index (χ0n) is 37.5. The molecule has 0 aliphatic heterocycles. The first-order chi connectivity index (χ1) is 34.2. The largest absolute Gasteiger partial charge is 0.309 e. The molecule has 0 radical (unpaired) electrons. The van der Waals surface area contributed by atoms with Gasteiger partial charge < -0.3 is 13.5 Å². The van der Waals surface area contributed by atoms with E-state index < -0.39 is 0 Å². The molecule has 0 aliphatic rings. The lowest BCUT2D eigenvalue weighted by Crippen LogP contribution is -1.94. The van der Waals surface area contributed by atoms with Crippen molar-refractivity contribution in [3.05, 3.63) is 249 Å². The van der Waals surface area contributed by atoms with E-state index in [4.69, 9.17) is 0 Å². The molecule has 4 aromatic heterocycles. The lowest BCUT2D eigenvalue weighted by atomic mass is 9.99. The van der Waals surface area contributed by atoms with Gasteiger partial charge in [0, 0.05) is 54.5 Å². The zero-order valence-corrected chi connectivity index (χ0v) is 37.5. The number of aromatic nitrogens is 3. The van der Waals surface area contributed by atoms with Gasteiger partial charge in [0.1, 0.15) is 0 Å². The smallest absolute Gasteiger partial charge is 0.0622 e. The Bertz CT molecular complexity index is 4450. The maximum atomic E-state index is 2.48. The summed E-state index contributed by atoms with van der Waals surface area (Å²) >= 11 is 0. The van der Waals surface area contributed by atoms with E-state index >= 15 is 0 Å². The molecule has 11 aromatic carbocycles. The number of hydrogen-bond donors (Lipinski definition) is 0. The third-order valence-electron chi connectivity index (χ3n) is 14.7. The van der Waals surface area contributed by atoms with Crippen LogP contribution in [-0.4, -0.2) is 13.5 Å². The lowest BCUT2D eigenvalue weighted by molar-refractivity contribution is 1.18. The summed E-state index contributed by atoms with van der Waals surface area (Å²) < 4.78 is 7.38. The van der Waals surface area contributed by atoms with E-state index in [-0.39, 0.29) is 0 Å². The lowest BCUT2D eigenvalue weighted by Gasteiger charge is -2.12. The molecule has 69 heavy (non-hydrogen) atoms. The first-order valence-electron chi connectivity index (χ1n) is 23.8. The van der Waals surface area contributed by atoms with Gasteiger partial charge >= 0.3 is 0 Å². The third-order valence-corrected chi connectivity index (χ3v) is 14.7. The SMILES string of the molecule is c1ccc(-c2cccc(-c3cccc(-n4c5ccc(-c6ccccc6)cc5c5cc(-c6ccc7c(c6)c6ccccc6n7-c6cc7c8ccccc8n8c9ccccc9c(c6)c78)ccc54)c3)c2)cc1. The molecule has 0 saturated carbocycles. The van der Waals surface area contributed by atoms with Crippen molar-refractivity contribution in [1.82, 2.24) is 13.5 Å². The van der Waals surface area contributed by atoms with Crippen LogP contribution in [-0.2, 0) is 0 Å². The summed E-state index contributed by atoms with van der Waals surface area (Å²) in [5, 5.41) is 10.1. The van der Waals surface area contributed by atoms with Gasteiger partial charge in [-0.05, 0) is 129 Å². The molecule has 0 fully saturated rings. The van der Waals surface area contributed by atoms with E-state index in [9.17, 15) is 0 Å². The average Bonchev–Trinajstić information content (AvgIpc) is 4.15.